The third-order valence-electron chi connectivity index (χ3n) is 4.21. The first kappa shape index (κ1) is 15.8. The van der Waals surface area contributed by atoms with Gasteiger partial charge in [-0.15, -0.1) is 12.4 Å². The molecule has 0 unspecified atom stereocenters. The number of hydrogen-bond acceptors (Lipinski definition) is 2. The third-order valence-corrected chi connectivity index (χ3v) is 4.21. The molecular weight excluding hydrogens is 248 g/mol. The van der Waals surface area contributed by atoms with E-state index in [-0.39, 0.29) is 18.3 Å². The molecule has 0 atom stereocenters. The van der Waals surface area contributed by atoms with Crippen LogP contribution in [0.1, 0.15) is 57.8 Å². The zero-order valence-corrected chi connectivity index (χ0v) is 12.1. The van der Waals surface area contributed by atoms with Crippen LogP contribution in [-0.4, -0.2) is 25.0 Å². The molecular formula is C14H27ClN2O. The fourth-order valence-electron chi connectivity index (χ4n) is 3.08. The third kappa shape index (κ3) is 5.57. The average molecular weight is 275 g/mol. The molecule has 0 aromatic heterocycles. The van der Waals surface area contributed by atoms with E-state index in [9.17, 15) is 4.79 Å². The van der Waals surface area contributed by atoms with Crippen LogP contribution in [0.25, 0.3) is 0 Å². The second-order valence-electron chi connectivity index (χ2n) is 5.63. The zero-order valence-electron chi connectivity index (χ0n) is 11.2. The van der Waals surface area contributed by atoms with Crippen LogP contribution in [0.15, 0.2) is 0 Å². The second-order valence-corrected chi connectivity index (χ2v) is 5.63. The van der Waals surface area contributed by atoms with E-state index in [1.165, 1.54) is 32.1 Å². The number of amides is 1. The molecule has 2 rings (SSSR count). The van der Waals surface area contributed by atoms with Gasteiger partial charge in [0.25, 0.3) is 0 Å². The minimum absolute atomic E-state index is 0. The van der Waals surface area contributed by atoms with Gasteiger partial charge in [-0.3, -0.25) is 4.79 Å². The monoisotopic (exact) mass is 274 g/mol. The van der Waals surface area contributed by atoms with E-state index in [1.807, 2.05) is 0 Å². The number of hydrogen-bond donors (Lipinski definition) is 2. The molecule has 1 amide bonds. The van der Waals surface area contributed by atoms with Crippen molar-refractivity contribution in [3.8, 4) is 0 Å². The average Bonchev–Trinajstić information content (AvgIpc) is 2.39. The second kappa shape index (κ2) is 8.76. The molecule has 18 heavy (non-hydrogen) atoms. The summed E-state index contributed by atoms with van der Waals surface area (Å²) < 4.78 is 0. The summed E-state index contributed by atoms with van der Waals surface area (Å²) in [6.45, 7) is 2.10. The lowest BCUT2D eigenvalue weighted by molar-refractivity contribution is -0.122. The van der Waals surface area contributed by atoms with Crippen molar-refractivity contribution >= 4 is 18.3 Å². The smallest absolute Gasteiger partial charge is 0.220 e. The molecule has 1 saturated heterocycles. The Balaban J connectivity index is 0.00000162. The highest BCUT2D eigenvalue weighted by Gasteiger charge is 2.17. The molecule has 0 radical (unpaired) electrons. The largest absolute Gasteiger partial charge is 0.353 e. The van der Waals surface area contributed by atoms with Crippen molar-refractivity contribution in [2.24, 2.45) is 5.92 Å². The van der Waals surface area contributed by atoms with Crippen molar-refractivity contribution in [2.75, 3.05) is 13.1 Å². The highest BCUT2D eigenvalue weighted by molar-refractivity contribution is 5.85. The number of halogens is 1. The normalized spacial score (nSPS) is 22.2. The van der Waals surface area contributed by atoms with Crippen LogP contribution in [0.4, 0.5) is 0 Å². The maximum Gasteiger partial charge on any atom is 0.220 e. The van der Waals surface area contributed by atoms with Gasteiger partial charge in [-0.2, -0.15) is 0 Å². The van der Waals surface area contributed by atoms with Gasteiger partial charge >= 0.3 is 0 Å². The van der Waals surface area contributed by atoms with Crippen LogP contribution < -0.4 is 10.6 Å². The van der Waals surface area contributed by atoms with Crippen molar-refractivity contribution < 1.29 is 4.79 Å². The Hall–Kier alpha value is -0.280. The minimum atomic E-state index is 0. The fraction of sp³-hybridized carbons (Fsp3) is 0.929. The molecule has 0 aromatic rings. The van der Waals surface area contributed by atoms with Gasteiger partial charge in [0, 0.05) is 12.5 Å². The number of carbonyl (C=O) groups is 1. The summed E-state index contributed by atoms with van der Waals surface area (Å²) in [7, 11) is 0. The Labute approximate surface area is 117 Å². The quantitative estimate of drug-likeness (QED) is 0.828. The van der Waals surface area contributed by atoms with Gasteiger partial charge in [0.2, 0.25) is 5.91 Å². The molecule has 3 nitrogen and oxygen atoms in total. The molecule has 1 aliphatic heterocycles. The van der Waals surface area contributed by atoms with Gasteiger partial charge < -0.3 is 10.6 Å². The molecule has 1 saturated carbocycles. The van der Waals surface area contributed by atoms with E-state index >= 15 is 0 Å². The molecule has 0 aromatic carbocycles. The molecule has 2 aliphatic rings. The maximum atomic E-state index is 11.8. The first-order chi connectivity index (χ1) is 8.34. The van der Waals surface area contributed by atoms with Gasteiger partial charge in [-0.1, -0.05) is 32.1 Å². The van der Waals surface area contributed by atoms with E-state index in [1.54, 1.807) is 0 Å². The summed E-state index contributed by atoms with van der Waals surface area (Å²) in [5.41, 5.74) is 0. The number of piperidine rings is 1. The summed E-state index contributed by atoms with van der Waals surface area (Å²) in [5, 5.41) is 6.50. The Kier molecular flexibility index (Phi) is 7.68. The van der Waals surface area contributed by atoms with Crippen LogP contribution in [-0.2, 0) is 4.79 Å². The van der Waals surface area contributed by atoms with E-state index < -0.39 is 0 Å². The Morgan fingerprint density at radius 1 is 1.06 bits per heavy atom. The number of nitrogens with one attached hydrogen (secondary N) is 2. The Morgan fingerprint density at radius 3 is 2.39 bits per heavy atom. The van der Waals surface area contributed by atoms with Crippen molar-refractivity contribution in [2.45, 2.75) is 63.8 Å². The molecule has 2 fully saturated rings. The lowest BCUT2D eigenvalue weighted by Gasteiger charge is -2.25. The van der Waals surface area contributed by atoms with Crippen LogP contribution in [0.2, 0.25) is 0 Å². The summed E-state index contributed by atoms with van der Waals surface area (Å²) in [6, 6.07) is 0.426. The van der Waals surface area contributed by atoms with Gasteiger partial charge in [0.15, 0.2) is 0 Å². The molecule has 0 spiro atoms. The Bertz CT molecular complexity index is 236. The lowest BCUT2D eigenvalue weighted by atomic mass is 9.86. The molecule has 0 bridgehead atoms. The lowest BCUT2D eigenvalue weighted by Crippen LogP contribution is -2.42. The van der Waals surface area contributed by atoms with Crippen molar-refractivity contribution in [1.29, 1.82) is 0 Å². The van der Waals surface area contributed by atoms with Gasteiger partial charge in [-0.05, 0) is 38.3 Å². The highest BCUT2D eigenvalue weighted by Crippen LogP contribution is 2.27. The van der Waals surface area contributed by atoms with Crippen LogP contribution in [0.5, 0.6) is 0 Å². The summed E-state index contributed by atoms with van der Waals surface area (Å²) in [4.78, 5) is 11.8. The molecule has 1 aliphatic carbocycles. The van der Waals surface area contributed by atoms with Gasteiger partial charge in [0.1, 0.15) is 0 Å². The van der Waals surface area contributed by atoms with E-state index in [0.717, 1.165) is 44.7 Å². The van der Waals surface area contributed by atoms with Crippen LogP contribution >= 0.6 is 12.4 Å². The van der Waals surface area contributed by atoms with E-state index in [4.69, 9.17) is 0 Å². The van der Waals surface area contributed by atoms with Crippen LogP contribution in [0, 0.1) is 5.92 Å². The zero-order chi connectivity index (χ0) is 11.9. The van der Waals surface area contributed by atoms with Crippen molar-refractivity contribution in [1.82, 2.24) is 10.6 Å². The van der Waals surface area contributed by atoms with Gasteiger partial charge in [-0.25, -0.2) is 0 Å². The van der Waals surface area contributed by atoms with E-state index in [2.05, 4.69) is 10.6 Å². The minimum Gasteiger partial charge on any atom is -0.353 e. The molecule has 106 valence electrons. The topological polar surface area (TPSA) is 41.1 Å². The summed E-state index contributed by atoms with van der Waals surface area (Å²) in [5.74, 6) is 1.10. The highest BCUT2D eigenvalue weighted by atomic mass is 35.5. The van der Waals surface area contributed by atoms with Crippen molar-refractivity contribution in [3.05, 3.63) is 0 Å². The standard InChI is InChI=1S/C14H26N2O.ClH/c17-14(16-13-8-10-15-11-9-13)7-6-12-4-2-1-3-5-12;/h12-13,15H,1-11H2,(H,16,17);1H. The van der Waals surface area contributed by atoms with E-state index in [0.29, 0.717) is 6.04 Å². The summed E-state index contributed by atoms with van der Waals surface area (Å²) in [6.07, 6.45) is 10.9. The molecule has 4 heteroatoms. The maximum absolute atomic E-state index is 11.8. The van der Waals surface area contributed by atoms with Crippen molar-refractivity contribution in [3.63, 3.8) is 0 Å². The van der Waals surface area contributed by atoms with Crippen LogP contribution in [0.3, 0.4) is 0 Å². The molecule has 1 heterocycles. The van der Waals surface area contributed by atoms with Gasteiger partial charge in [0.05, 0.1) is 0 Å². The predicted octanol–water partition coefficient (Wildman–Crippen LogP) is 2.64. The SMILES string of the molecule is Cl.O=C(CCC1CCCCC1)NC1CCNCC1. The number of carbonyl (C=O) groups excluding carboxylic acids is 1. The Morgan fingerprint density at radius 2 is 1.72 bits per heavy atom. The first-order valence-electron chi connectivity index (χ1n) is 7.34. The summed E-state index contributed by atoms with van der Waals surface area (Å²) >= 11 is 0. The molecule has 2 N–H and O–H groups in total. The fourth-order valence-corrected chi connectivity index (χ4v) is 3.08. The first-order valence-corrected chi connectivity index (χ1v) is 7.34. The predicted molar refractivity (Wildman–Crippen MR) is 77.1 cm³/mol. The number of rotatable bonds is 4.